The summed E-state index contributed by atoms with van der Waals surface area (Å²) < 4.78 is 13.5. The molecule has 0 aliphatic heterocycles. The first kappa shape index (κ1) is 36.8. The second kappa shape index (κ2) is 14.5. The Morgan fingerprint density at radius 3 is 1.11 bits per heavy atom. The van der Waals surface area contributed by atoms with E-state index in [1.807, 2.05) is 0 Å². The molecule has 0 radical (unpaired) electrons. The number of fused-ring (bicyclic) bond motifs is 8. The number of para-hydroxylation sites is 2. The summed E-state index contributed by atoms with van der Waals surface area (Å²) in [6, 6.07) is 63.7. The summed E-state index contributed by atoms with van der Waals surface area (Å²) in [6.45, 7) is 11.1. The maximum atomic E-state index is 6.75. The van der Waals surface area contributed by atoms with E-state index in [4.69, 9.17) is 8.83 Å². The highest BCUT2D eigenvalue weighted by molar-refractivity contribution is 6.20. The van der Waals surface area contributed by atoms with E-state index in [2.05, 4.69) is 220 Å². The lowest BCUT2D eigenvalue weighted by Crippen LogP contribution is -2.09. The van der Waals surface area contributed by atoms with E-state index in [9.17, 15) is 0 Å². The number of benzene rings is 9. The molecular formula is C57H46N2O2. The van der Waals surface area contributed by atoms with E-state index in [-0.39, 0.29) is 0 Å². The molecule has 11 rings (SSSR count). The van der Waals surface area contributed by atoms with Gasteiger partial charge in [-0.3, -0.25) is 0 Å². The summed E-state index contributed by atoms with van der Waals surface area (Å²) >= 11 is 0. The number of aryl methyl sites for hydroxylation is 1. The molecule has 2 aromatic heterocycles. The largest absolute Gasteiger partial charge is 0.456 e. The molecule has 0 amide bonds. The third kappa shape index (κ3) is 6.29. The molecule has 0 saturated heterocycles. The summed E-state index contributed by atoms with van der Waals surface area (Å²) in [7, 11) is 0. The highest BCUT2D eigenvalue weighted by Crippen LogP contribution is 2.44. The molecule has 0 unspecified atom stereocenters. The third-order valence-electron chi connectivity index (χ3n) is 12.5. The fraction of sp³-hybridized carbons (Fsp3) is 0.123. The Morgan fingerprint density at radius 2 is 0.721 bits per heavy atom. The van der Waals surface area contributed by atoms with Crippen LogP contribution in [0.3, 0.4) is 0 Å². The van der Waals surface area contributed by atoms with Crippen LogP contribution in [-0.2, 0) is 0 Å². The molecular weight excluding hydrogens is 745 g/mol. The van der Waals surface area contributed by atoms with Gasteiger partial charge in [0.1, 0.15) is 22.3 Å². The minimum atomic E-state index is 0.474. The van der Waals surface area contributed by atoms with Gasteiger partial charge in [0.15, 0.2) is 0 Å². The number of anilines is 6. The number of rotatable bonds is 8. The average Bonchev–Trinajstić information content (AvgIpc) is 3.83. The molecule has 61 heavy (non-hydrogen) atoms. The number of furan rings is 2. The van der Waals surface area contributed by atoms with Crippen LogP contribution < -0.4 is 9.80 Å². The Hall–Kier alpha value is -7.30. The fourth-order valence-electron chi connectivity index (χ4n) is 9.13. The monoisotopic (exact) mass is 790 g/mol. The molecule has 296 valence electrons. The van der Waals surface area contributed by atoms with E-state index in [1.54, 1.807) is 0 Å². The van der Waals surface area contributed by atoms with E-state index in [0.717, 1.165) is 94.3 Å². The first-order valence-electron chi connectivity index (χ1n) is 21.4. The molecule has 0 atom stereocenters. The highest BCUT2D eigenvalue weighted by Gasteiger charge is 2.21. The van der Waals surface area contributed by atoms with E-state index in [1.165, 1.54) is 21.9 Å². The zero-order valence-electron chi connectivity index (χ0n) is 35.1. The summed E-state index contributed by atoms with van der Waals surface area (Å²) in [5.41, 5.74) is 13.8. The zero-order valence-corrected chi connectivity index (χ0v) is 35.1. The summed E-state index contributed by atoms with van der Waals surface area (Å²) in [5.74, 6) is 0.948. The Balaban J connectivity index is 1.00. The molecule has 0 aliphatic rings. The van der Waals surface area contributed by atoms with Crippen LogP contribution in [0.1, 0.15) is 56.2 Å². The summed E-state index contributed by atoms with van der Waals surface area (Å²) in [4.78, 5) is 4.65. The lowest BCUT2D eigenvalue weighted by atomic mass is 10.0. The molecule has 4 nitrogen and oxygen atoms in total. The summed E-state index contributed by atoms with van der Waals surface area (Å²) in [5, 5.41) is 8.99. The van der Waals surface area contributed by atoms with Crippen molar-refractivity contribution in [3.8, 4) is 0 Å². The van der Waals surface area contributed by atoms with Crippen LogP contribution in [0.5, 0.6) is 0 Å². The standard InChI is InChI=1S/C57H46N2O2/c1-35(2)38-16-22-46(23-17-38)58(44-12-8-6-9-13-44)48-26-20-40-30-50-52-34-53-51-31-41-21-27-49(59(45-14-10-7-11-15-45)47-24-18-39(19-25-47)36(3)4)29-43(41)33-55(51)61-57(53)37(5)56(52)60-54(50)32-42(40)28-48/h6-36H,1-5H3. The van der Waals surface area contributed by atoms with Crippen molar-refractivity contribution in [1.82, 2.24) is 0 Å². The van der Waals surface area contributed by atoms with Gasteiger partial charge in [-0.1, -0.05) is 100 Å². The first-order chi connectivity index (χ1) is 29.8. The lowest BCUT2D eigenvalue weighted by molar-refractivity contribution is 0.651. The van der Waals surface area contributed by atoms with Gasteiger partial charge in [0.25, 0.3) is 0 Å². The minimum absolute atomic E-state index is 0.474. The van der Waals surface area contributed by atoms with E-state index in [0.29, 0.717) is 11.8 Å². The topological polar surface area (TPSA) is 32.8 Å². The molecule has 4 heteroatoms. The van der Waals surface area contributed by atoms with Crippen molar-refractivity contribution < 1.29 is 8.83 Å². The van der Waals surface area contributed by atoms with Crippen LogP contribution >= 0.6 is 0 Å². The van der Waals surface area contributed by atoms with Crippen LogP contribution in [0.25, 0.3) is 65.4 Å². The van der Waals surface area contributed by atoms with Gasteiger partial charge >= 0.3 is 0 Å². The number of hydrogen-bond donors (Lipinski definition) is 0. The molecule has 0 fully saturated rings. The van der Waals surface area contributed by atoms with Gasteiger partial charge in [0.05, 0.1) is 0 Å². The third-order valence-corrected chi connectivity index (χ3v) is 12.5. The second-order valence-corrected chi connectivity index (χ2v) is 17.1. The predicted octanol–water partition coefficient (Wildman–Crippen LogP) is 17.3. The van der Waals surface area contributed by atoms with Crippen LogP contribution in [0.4, 0.5) is 34.1 Å². The second-order valence-electron chi connectivity index (χ2n) is 17.1. The van der Waals surface area contributed by atoms with Crippen molar-refractivity contribution in [3.63, 3.8) is 0 Å². The average molecular weight is 791 g/mol. The van der Waals surface area contributed by atoms with Gasteiger partial charge < -0.3 is 18.6 Å². The summed E-state index contributed by atoms with van der Waals surface area (Å²) in [6.07, 6.45) is 0. The van der Waals surface area contributed by atoms with Gasteiger partial charge in [-0.25, -0.2) is 0 Å². The molecule has 0 aliphatic carbocycles. The van der Waals surface area contributed by atoms with E-state index < -0.39 is 0 Å². The molecule has 11 aromatic rings. The van der Waals surface area contributed by atoms with Gasteiger partial charge in [-0.15, -0.1) is 0 Å². The van der Waals surface area contributed by atoms with Crippen LogP contribution in [0.2, 0.25) is 0 Å². The van der Waals surface area contributed by atoms with Gasteiger partial charge in [0, 0.05) is 61.2 Å². The maximum Gasteiger partial charge on any atom is 0.142 e. The Kier molecular flexibility index (Phi) is 8.71. The SMILES string of the molecule is Cc1c2oc3cc4cc(N(c5ccccc5)c5ccc(C(C)C)cc5)ccc4cc3c2cc2c1oc1cc3cc(N(c4ccccc4)c4ccc(C(C)C)cc4)ccc3cc12. The lowest BCUT2D eigenvalue weighted by Gasteiger charge is -2.26. The number of hydrogen-bond acceptors (Lipinski definition) is 4. The fourth-order valence-corrected chi connectivity index (χ4v) is 9.13. The van der Waals surface area contributed by atoms with Gasteiger partial charge in [-0.2, -0.15) is 0 Å². The highest BCUT2D eigenvalue weighted by atomic mass is 16.3. The molecule has 0 N–H and O–H groups in total. The molecule has 0 saturated carbocycles. The van der Waals surface area contributed by atoms with Crippen molar-refractivity contribution >= 4 is 99.5 Å². The van der Waals surface area contributed by atoms with Crippen molar-refractivity contribution in [1.29, 1.82) is 0 Å². The Morgan fingerprint density at radius 1 is 0.344 bits per heavy atom. The molecule has 9 aromatic carbocycles. The van der Waals surface area contributed by atoms with Crippen LogP contribution in [0, 0.1) is 6.92 Å². The molecule has 0 bridgehead atoms. The van der Waals surface area contributed by atoms with Crippen molar-refractivity contribution in [2.75, 3.05) is 9.80 Å². The zero-order chi connectivity index (χ0) is 41.4. The predicted molar refractivity (Wildman–Crippen MR) is 258 cm³/mol. The molecule has 0 spiro atoms. The first-order valence-corrected chi connectivity index (χ1v) is 21.4. The van der Waals surface area contributed by atoms with Gasteiger partial charge in [-0.05, 0) is 155 Å². The minimum Gasteiger partial charge on any atom is -0.456 e. The van der Waals surface area contributed by atoms with Crippen LogP contribution in [0.15, 0.2) is 185 Å². The number of nitrogens with zero attached hydrogens (tertiary/aromatic N) is 2. The van der Waals surface area contributed by atoms with E-state index >= 15 is 0 Å². The van der Waals surface area contributed by atoms with Gasteiger partial charge in [0.2, 0.25) is 0 Å². The Bertz CT molecular complexity index is 3190. The van der Waals surface area contributed by atoms with Crippen molar-refractivity contribution in [3.05, 3.63) is 193 Å². The Labute approximate surface area is 355 Å². The van der Waals surface area contributed by atoms with Crippen molar-refractivity contribution in [2.45, 2.75) is 46.5 Å². The smallest absolute Gasteiger partial charge is 0.142 e. The van der Waals surface area contributed by atoms with Crippen LogP contribution in [-0.4, -0.2) is 0 Å². The quantitative estimate of drug-likeness (QED) is 0.153. The van der Waals surface area contributed by atoms with Crippen molar-refractivity contribution in [2.24, 2.45) is 0 Å². The maximum absolute atomic E-state index is 6.75. The molecule has 2 heterocycles. The normalized spacial score (nSPS) is 12.0.